The van der Waals surface area contributed by atoms with Crippen molar-refractivity contribution in [2.24, 2.45) is 29.2 Å². The van der Waals surface area contributed by atoms with E-state index in [1.54, 1.807) is 6.20 Å². The van der Waals surface area contributed by atoms with Gasteiger partial charge in [0.25, 0.3) is 0 Å². The van der Waals surface area contributed by atoms with Crippen molar-refractivity contribution in [2.75, 3.05) is 13.2 Å². The molecule has 0 aliphatic heterocycles. The maximum absolute atomic E-state index is 13.6. The number of nitrogens with zero attached hydrogens (tertiary/aromatic N) is 1. The number of hydrogen-bond donors (Lipinski definition) is 6. The number of aliphatic carboxylic acids is 1. The van der Waals surface area contributed by atoms with Crippen LogP contribution in [0.25, 0.3) is 0 Å². The van der Waals surface area contributed by atoms with Gasteiger partial charge >= 0.3 is 5.97 Å². The fourth-order valence-corrected chi connectivity index (χ4v) is 6.93. The van der Waals surface area contributed by atoms with Crippen molar-refractivity contribution in [1.82, 2.24) is 15.3 Å². The van der Waals surface area contributed by atoms with Crippen LogP contribution in [-0.2, 0) is 35.2 Å². The van der Waals surface area contributed by atoms with E-state index in [0.717, 1.165) is 57.1 Å². The van der Waals surface area contributed by atoms with E-state index in [1.807, 2.05) is 6.92 Å². The van der Waals surface area contributed by atoms with E-state index >= 15 is 0 Å². The highest BCUT2D eigenvalue weighted by Crippen LogP contribution is 2.25. The molecule has 320 valence electrons. The zero-order chi connectivity index (χ0) is 40.7. The van der Waals surface area contributed by atoms with Gasteiger partial charge in [0.1, 0.15) is 11.6 Å². The van der Waals surface area contributed by atoms with Crippen LogP contribution in [0.5, 0.6) is 0 Å². The molecule has 0 aromatic carbocycles. The Balaban J connectivity index is -0.0000101. The molecule has 0 radical (unpaired) electrons. The molecule has 8 N–H and O–H groups in total. The van der Waals surface area contributed by atoms with E-state index in [-0.39, 0.29) is 59.6 Å². The van der Waals surface area contributed by atoms with Gasteiger partial charge < -0.3 is 32.0 Å². The van der Waals surface area contributed by atoms with Crippen molar-refractivity contribution in [3.63, 3.8) is 0 Å². The maximum atomic E-state index is 13.6. The first-order valence-electron chi connectivity index (χ1n) is 21.2. The summed E-state index contributed by atoms with van der Waals surface area (Å²) in [6.07, 6.45) is 23.2. The number of imidazole rings is 1. The summed E-state index contributed by atoms with van der Waals surface area (Å²) < 4.78 is 0. The minimum atomic E-state index is -1.03. The molecule has 0 saturated heterocycles. The first kappa shape index (κ1) is 49.6. The number of Topliss-reactive ketones (excluding diaryl/α,β-unsaturated/α-hetero) is 3. The number of unbranched alkanes of at least 4 members (excludes halogenated alkanes) is 15. The molecule has 0 spiro atoms. The zero-order valence-electron chi connectivity index (χ0n) is 33.7. The van der Waals surface area contributed by atoms with Gasteiger partial charge in [0, 0.05) is 73.1 Å². The van der Waals surface area contributed by atoms with Crippen LogP contribution in [0.3, 0.4) is 0 Å². The summed E-state index contributed by atoms with van der Waals surface area (Å²) in [5, 5.41) is 21.2. The average molecular weight is 782 g/mol. The molecule has 1 aromatic rings. The van der Waals surface area contributed by atoms with Crippen molar-refractivity contribution in [3.05, 3.63) is 18.2 Å². The number of H-pyrrole nitrogens is 1. The van der Waals surface area contributed by atoms with Crippen molar-refractivity contribution in [2.45, 2.75) is 180 Å². The maximum Gasteiger partial charge on any atom is 0.303 e. The Morgan fingerprint density at radius 1 is 0.709 bits per heavy atom. The second kappa shape index (κ2) is 31.7. The van der Waals surface area contributed by atoms with Gasteiger partial charge in [-0.3, -0.25) is 28.8 Å². The van der Waals surface area contributed by atoms with Gasteiger partial charge in [0.05, 0.1) is 24.9 Å². The topological polar surface area (TPSA) is 236 Å². The molecule has 1 rings (SSSR count). The number of aliphatic hydroxyl groups is 1. The quantitative estimate of drug-likeness (QED) is 0.0375. The molecule has 13 heteroatoms. The Morgan fingerprint density at radius 3 is 1.67 bits per heavy atom. The van der Waals surface area contributed by atoms with Crippen LogP contribution >= 0.6 is 0 Å². The number of nitrogens with one attached hydrogen (secondary N) is 2. The minimum absolute atomic E-state index is 0. The molecular weight excluding hydrogens is 702 g/mol. The van der Waals surface area contributed by atoms with Crippen LogP contribution in [0, 0.1) is 17.8 Å². The van der Waals surface area contributed by atoms with E-state index in [2.05, 4.69) is 15.3 Å². The summed E-state index contributed by atoms with van der Waals surface area (Å²) >= 11 is 0. The Bertz CT molecular complexity index is 1240. The molecule has 1 heterocycles. The fourth-order valence-electron chi connectivity index (χ4n) is 6.93. The number of aromatic amines is 1. The summed E-state index contributed by atoms with van der Waals surface area (Å²) in [7, 11) is 0. The summed E-state index contributed by atoms with van der Waals surface area (Å²) in [6.45, 7) is 1.90. The van der Waals surface area contributed by atoms with Crippen LogP contribution in [0.2, 0.25) is 0 Å². The minimum Gasteiger partial charge on any atom is -0.481 e. The van der Waals surface area contributed by atoms with E-state index in [1.165, 1.54) is 57.7 Å². The molecule has 0 saturated carbocycles. The molecule has 55 heavy (non-hydrogen) atoms. The molecule has 13 nitrogen and oxygen atoms in total. The number of amides is 2. The molecule has 0 unspecified atom stereocenters. The molecule has 0 aliphatic carbocycles. The van der Waals surface area contributed by atoms with Crippen LogP contribution in [-0.4, -0.2) is 74.5 Å². The number of carbonyl (C=O) groups excluding carboxylic acids is 5. The number of rotatable bonds is 38. The number of primary amides is 1. The molecular formula is C42H79N5O8. The second-order valence-electron chi connectivity index (χ2n) is 15.4. The highest BCUT2D eigenvalue weighted by molar-refractivity contribution is 5.94. The number of aliphatic hydroxyl groups excluding tert-OH is 1. The van der Waals surface area contributed by atoms with Crippen LogP contribution < -0.4 is 16.8 Å². The molecule has 0 fully saturated rings. The van der Waals surface area contributed by atoms with Gasteiger partial charge in [0.15, 0.2) is 5.78 Å². The number of hydrogen-bond acceptors (Lipinski definition) is 9. The predicted molar refractivity (Wildman–Crippen MR) is 220 cm³/mol. The number of carbonyl (C=O) groups is 6. The van der Waals surface area contributed by atoms with Gasteiger partial charge in [0.2, 0.25) is 11.8 Å². The average Bonchev–Trinajstić information content (AvgIpc) is 3.67. The van der Waals surface area contributed by atoms with Gasteiger partial charge in [-0.15, -0.1) is 0 Å². The van der Waals surface area contributed by atoms with Crippen molar-refractivity contribution < 1.29 is 43.3 Å². The van der Waals surface area contributed by atoms with Crippen molar-refractivity contribution >= 4 is 35.1 Å². The lowest BCUT2D eigenvalue weighted by Gasteiger charge is -2.22. The summed E-state index contributed by atoms with van der Waals surface area (Å²) in [4.78, 5) is 81.6. The van der Waals surface area contributed by atoms with Gasteiger partial charge in [-0.2, -0.15) is 0 Å². The van der Waals surface area contributed by atoms with Crippen molar-refractivity contribution in [3.8, 4) is 0 Å². The van der Waals surface area contributed by atoms with Crippen LogP contribution in [0.4, 0.5) is 0 Å². The third kappa shape index (κ3) is 25.4. The lowest BCUT2D eigenvalue weighted by atomic mass is 9.81. The highest BCUT2D eigenvalue weighted by Gasteiger charge is 2.31. The molecule has 0 aliphatic rings. The van der Waals surface area contributed by atoms with E-state index < -0.39 is 42.3 Å². The van der Waals surface area contributed by atoms with E-state index in [4.69, 9.17) is 16.6 Å². The van der Waals surface area contributed by atoms with E-state index in [9.17, 15) is 33.9 Å². The lowest BCUT2D eigenvalue weighted by molar-refractivity contribution is -0.137. The van der Waals surface area contributed by atoms with E-state index in [0.29, 0.717) is 38.6 Å². The van der Waals surface area contributed by atoms with Crippen LogP contribution in [0.15, 0.2) is 12.5 Å². The Morgan fingerprint density at radius 2 is 1.20 bits per heavy atom. The predicted octanol–water partition coefficient (Wildman–Crippen LogP) is 7.02. The summed E-state index contributed by atoms with van der Waals surface area (Å²) in [6, 6.07) is -0.788. The zero-order valence-corrected chi connectivity index (χ0v) is 33.7. The van der Waals surface area contributed by atoms with Gasteiger partial charge in [-0.05, 0) is 32.1 Å². The first-order valence-corrected chi connectivity index (χ1v) is 21.2. The van der Waals surface area contributed by atoms with Gasteiger partial charge in [-0.25, -0.2) is 4.98 Å². The standard InChI is InChI=1S/C42H73N5O8.3H2/c1-2-3-20-32(26-39(51)36(43)28-35-29-45-31-47-35)37(49)25-33(38(50)27-34(30-48)42(44)55)21-18-19-24-46-40(52)22-16-14-12-10-8-6-4-5-7-9-11-13-15-17-23-41(53)54;;;/h29,31-34,36,48H,2-28,30,43H2,1H3,(H2,44,55)(H,45,47)(H,46,52)(H,53,54);3*1H/t32-,33-,34+,36+;;;/m1.../s1. The Hall–Kier alpha value is -3.45. The van der Waals surface area contributed by atoms with Crippen LogP contribution in [0.1, 0.15) is 177 Å². The third-order valence-corrected chi connectivity index (χ3v) is 10.5. The largest absolute Gasteiger partial charge is 0.481 e. The monoisotopic (exact) mass is 782 g/mol. The lowest BCUT2D eigenvalue weighted by Crippen LogP contribution is -2.36. The smallest absolute Gasteiger partial charge is 0.303 e. The summed E-state index contributed by atoms with van der Waals surface area (Å²) in [5.41, 5.74) is 12.3. The molecule has 2 amide bonds. The Kier molecular flexibility index (Phi) is 28.6. The number of ketones is 3. The Labute approximate surface area is 333 Å². The molecule has 0 bridgehead atoms. The number of carboxylic acids is 1. The summed E-state index contributed by atoms with van der Waals surface area (Å²) in [5.74, 6) is -4.49. The highest BCUT2D eigenvalue weighted by atomic mass is 16.4. The first-order chi connectivity index (χ1) is 26.5. The third-order valence-electron chi connectivity index (χ3n) is 10.5. The number of aromatic nitrogens is 2. The molecule has 1 aromatic heterocycles. The number of nitrogens with two attached hydrogens (primary N) is 2. The van der Waals surface area contributed by atoms with Gasteiger partial charge in [-0.1, -0.05) is 103 Å². The number of carboxylic acid groups (broad SMARTS) is 1. The molecule has 4 atom stereocenters. The SMILES string of the molecule is CCCC[C@H](CC(=O)[C@@H](N)Cc1cnc[nH]1)C(=O)C[C@@H](CCCCNC(=O)CCCCCCCCCCCCCCCCC(=O)O)C(=O)C[C@@H](CO)C(N)=O.[HH].[HH].[HH]. The van der Waals surface area contributed by atoms with Crippen molar-refractivity contribution in [1.29, 1.82) is 0 Å². The fraction of sp³-hybridized carbons (Fsp3) is 0.786. The second-order valence-corrected chi connectivity index (χ2v) is 15.4. The normalized spacial score (nSPS) is 13.5.